The van der Waals surface area contributed by atoms with Crippen LogP contribution in [0.1, 0.15) is 39.0 Å². The Balaban J connectivity index is 1.80. The first-order chi connectivity index (χ1) is 8.31. The summed E-state index contributed by atoms with van der Waals surface area (Å²) >= 11 is 5.12. The van der Waals surface area contributed by atoms with Crippen molar-refractivity contribution in [3.63, 3.8) is 0 Å². The van der Waals surface area contributed by atoms with Crippen molar-refractivity contribution >= 4 is 17.4 Å². The molecule has 0 unspecified atom stereocenters. The van der Waals surface area contributed by atoms with Crippen molar-refractivity contribution in [3.8, 4) is 0 Å². The maximum Gasteiger partial charge on any atom is 0.256 e. The molecule has 2 saturated heterocycles. The predicted octanol–water partition coefficient (Wildman–Crippen LogP) is 2.16. The highest BCUT2D eigenvalue weighted by molar-refractivity contribution is 7.80. The molecular weight excluding hydrogens is 232 g/mol. The quantitative estimate of drug-likeness (QED) is 0.782. The van der Waals surface area contributed by atoms with E-state index in [-0.39, 0.29) is 0 Å². The Hall–Kier alpha value is -0.350. The molecule has 0 amide bonds. The molecule has 0 saturated carbocycles. The Morgan fingerprint density at radius 1 is 1.29 bits per heavy atom. The number of nitrogens with one attached hydrogen (secondary N) is 1. The third-order valence-electron chi connectivity index (χ3n) is 3.98. The third-order valence-corrected chi connectivity index (χ3v) is 4.24. The molecule has 2 rings (SSSR count). The van der Waals surface area contributed by atoms with Crippen LogP contribution in [-0.2, 0) is 4.74 Å². The Kier molecular flexibility index (Phi) is 5.04. The van der Waals surface area contributed by atoms with Crippen molar-refractivity contribution in [2.45, 2.75) is 45.1 Å². The summed E-state index contributed by atoms with van der Waals surface area (Å²) in [6.07, 6.45) is 6.73. The molecule has 17 heavy (non-hydrogen) atoms. The molecule has 0 spiro atoms. The number of rotatable bonds is 3. The monoisotopic (exact) mass is 256 g/mol. The first-order valence-electron chi connectivity index (χ1n) is 6.96. The maximum absolute atomic E-state index is 5.66. The summed E-state index contributed by atoms with van der Waals surface area (Å²) in [6.45, 7) is 6.27. The van der Waals surface area contributed by atoms with Gasteiger partial charge in [0.2, 0.25) is 0 Å². The molecule has 0 aromatic heterocycles. The van der Waals surface area contributed by atoms with Crippen LogP contribution in [0.5, 0.6) is 0 Å². The van der Waals surface area contributed by atoms with Gasteiger partial charge >= 0.3 is 0 Å². The fourth-order valence-electron chi connectivity index (χ4n) is 3.15. The van der Waals surface area contributed by atoms with Crippen LogP contribution in [0.2, 0.25) is 0 Å². The number of piperidine rings is 2. The van der Waals surface area contributed by atoms with Crippen molar-refractivity contribution in [2.24, 2.45) is 5.92 Å². The van der Waals surface area contributed by atoms with Gasteiger partial charge in [0.25, 0.3) is 5.17 Å². The van der Waals surface area contributed by atoms with Gasteiger partial charge in [0, 0.05) is 18.5 Å². The van der Waals surface area contributed by atoms with E-state index >= 15 is 0 Å². The summed E-state index contributed by atoms with van der Waals surface area (Å²) in [5.41, 5.74) is 0. The average molecular weight is 256 g/mol. The predicted molar refractivity (Wildman–Crippen MR) is 74.2 cm³/mol. The second-order valence-corrected chi connectivity index (χ2v) is 5.50. The molecule has 0 aliphatic carbocycles. The van der Waals surface area contributed by atoms with E-state index in [1.165, 1.54) is 45.2 Å². The fourth-order valence-corrected chi connectivity index (χ4v) is 3.36. The highest BCUT2D eigenvalue weighted by Gasteiger charge is 2.33. The van der Waals surface area contributed by atoms with Gasteiger partial charge in [-0.2, -0.15) is 0 Å². The molecule has 0 aromatic carbocycles. The topological polar surface area (TPSA) is 24.5 Å². The van der Waals surface area contributed by atoms with Crippen LogP contribution >= 0.6 is 12.2 Å². The molecule has 2 aliphatic rings. The smallest absolute Gasteiger partial charge is 0.256 e. The molecule has 0 bridgehead atoms. The van der Waals surface area contributed by atoms with Crippen LogP contribution in [0, 0.1) is 5.92 Å². The first kappa shape index (κ1) is 13.1. The van der Waals surface area contributed by atoms with Gasteiger partial charge in [-0.1, -0.05) is 6.42 Å². The van der Waals surface area contributed by atoms with Crippen molar-refractivity contribution in [3.05, 3.63) is 0 Å². The van der Waals surface area contributed by atoms with Gasteiger partial charge in [-0.25, -0.2) is 0 Å². The van der Waals surface area contributed by atoms with E-state index < -0.39 is 0 Å². The highest BCUT2D eigenvalue weighted by atomic mass is 32.1. The summed E-state index contributed by atoms with van der Waals surface area (Å²) in [5, 5.41) is 3.62. The van der Waals surface area contributed by atoms with Crippen LogP contribution in [-0.4, -0.2) is 42.4 Å². The van der Waals surface area contributed by atoms with E-state index in [0.29, 0.717) is 11.1 Å². The molecule has 2 atom stereocenters. The number of ether oxygens (including phenoxy) is 1. The zero-order chi connectivity index (χ0) is 12.1. The first-order valence-corrected chi connectivity index (χ1v) is 7.36. The van der Waals surface area contributed by atoms with Crippen LogP contribution in [0.4, 0.5) is 0 Å². The summed E-state index contributed by atoms with van der Waals surface area (Å²) in [7, 11) is 0. The third kappa shape index (κ3) is 3.55. The molecule has 98 valence electrons. The molecule has 2 fully saturated rings. The van der Waals surface area contributed by atoms with Crippen molar-refractivity contribution in [1.82, 2.24) is 10.2 Å². The number of hydrogen-bond donors (Lipinski definition) is 1. The normalized spacial score (nSPS) is 29.5. The number of hydrogen-bond acceptors (Lipinski definition) is 3. The van der Waals surface area contributed by atoms with Gasteiger partial charge in [-0.05, 0) is 57.9 Å². The van der Waals surface area contributed by atoms with Crippen LogP contribution in [0.15, 0.2) is 0 Å². The van der Waals surface area contributed by atoms with E-state index in [9.17, 15) is 0 Å². The molecule has 1 N–H and O–H groups in total. The minimum absolute atomic E-state index is 0.570. The largest absolute Gasteiger partial charge is 0.471 e. The minimum Gasteiger partial charge on any atom is -0.471 e. The lowest BCUT2D eigenvalue weighted by Crippen LogP contribution is -2.49. The summed E-state index contributed by atoms with van der Waals surface area (Å²) < 4.78 is 5.66. The van der Waals surface area contributed by atoms with Gasteiger partial charge in [0.15, 0.2) is 0 Å². The molecule has 4 heteroatoms. The molecule has 2 aliphatic heterocycles. The molecule has 2 heterocycles. The second-order valence-electron chi connectivity index (χ2n) is 5.13. The molecule has 0 aromatic rings. The lowest BCUT2D eigenvalue weighted by Gasteiger charge is -2.44. The standard InChI is InChI=1S/C13H24N2OS/c1-2-14-13(17)16-10-11-6-5-9-15-8-4-3-7-12(11)15/h11-12H,2-10H2,1H3,(H,14,17)/t11-,12+/m0/s1. The average Bonchev–Trinajstić information content (AvgIpc) is 2.36. The number of nitrogens with zero attached hydrogens (tertiary/aromatic N) is 1. The Bertz CT molecular complexity index is 258. The molecule has 0 radical (unpaired) electrons. The van der Waals surface area contributed by atoms with E-state index in [4.69, 9.17) is 17.0 Å². The summed E-state index contributed by atoms with van der Waals surface area (Å²) in [4.78, 5) is 2.66. The Morgan fingerprint density at radius 3 is 2.94 bits per heavy atom. The van der Waals surface area contributed by atoms with Crippen molar-refractivity contribution < 1.29 is 4.74 Å². The highest BCUT2D eigenvalue weighted by Crippen LogP contribution is 2.30. The van der Waals surface area contributed by atoms with E-state index in [2.05, 4.69) is 10.2 Å². The van der Waals surface area contributed by atoms with Crippen molar-refractivity contribution in [2.75, 3.05) is 26.2 Å². The maximum atomic E-state index is 5.66. The SMILES string of the molecule is CCNC(=S)OC[C@@H]1CCCN2CCCC[C@H]12. The van der Waals surface area contributed by atoms with Gasteiger partial charge < -0.3 is 10.1 Å². The van der Waals surface area contributed by atoms with Crippen LogP contribution < -0.4 is 5.32 Å². The number of fused-ring (bicyclic) bond motifs is 1. The fraction of sp³-hybridized carbons (Fsp3) is 0.923. The van der Waals surface area contributed by atoms with E-state index in [1.54, 1.807) is 0 Å². The lowest BCUT2D eigenvalue weighted by molar-refractivity contribution is 0.0339. The number of thiocarbonyl (C=S) groups is 1. The van der Waals surface area contributed by atoms with Gasteiger partial charge in [-0.15, -0.1) is 0 Å². The minimum atomic E-state index is 0.570. The van der Waals surface area contributed by atoms with E-state index in [0.717, 1.165) is 19.2 Å². The van der Waals surface area contributed by atoms with Crippen molar-refractivity contribution in [1.29, 1.82) is 0 Å². The Labute approximate surface area is 110 Å². The summed E-state index contributed by atoms with van der Waals surface area (Å²) in [5.74, 6) is 0.681. The Morgan fingerprint density at radius 2 is 2.12 bits per heavy atom. The molecular formula is C13H24N2OS. The van der Waals surface area contributed by atoms with Gasteiger partial charge in [-0.3, -0.25) is 4.90 Å². The second kappa shape index (κ2) is 6.55. The van der Waals surface area contributed by atoms with Crippen LogP contribution in [0.3, 0.4) is 0 Å². The molecule has 3 nitrogen and oxygen atoms in total. The zero-order valence-electron chi connectivity index (χ0n) is 10.8. The van der Waals surface area contributed by atoms with E-state index in [1.807, 2.05) is 6.92 Å². The van der Waals surface area contributed by atoms with Crippen LogP contribution in [0.25, 0.3) is 0 Å². The van der Waals surface area contributed by atoms with Gasteiger partial charge in [0.05, 0.1) is 6.61 Å². The summed E-state index contributed by atoms with van der Waals surface area (Å²) in [6, 6.07) is 0.752. The zero-order valence-corrected chi connectivity index (χ0v) is 11.6. The lowest BCUT2D eigenvalue weighted by atomic mass is 9.84. The van der Waals surface area contributed by atoms with Gasteiger partial charge in [0.1, 0.15) is 0 Å².